The highest BCUT2D eigenvalue weighted by molar-refractivity contribution is 9.10. The summed E-state index contributed by atoms with van der Waals surface area (Å²) in [5, 5.41) is 10.7. The second-order valence-electron chi connectivity index (χ2n) is 3.48. The van der Waals surface area contributed by atoms with Crippen LogP contribution < -0.4 is 4.74 Å². The summed E-state index contributed by atoms with van der Waals surface area (Å²) in [7, 11) is 0. The third-order valence-electron chi connectivity index (χ3n) is 2.22. The maximum atomic E-state index is 10.7. The van der Waals surface area contributed by atoms with E-state index in [2.05, 4.69) is 25.9 Å². The lowest BCUT2D eigenvalue weighted by atomic mass is 10.2. The summed E-state index contributed by atoms with van der Waals surface area (Å²) in [5.74, 6) is 0.706. The molecule has 0 aliphatic carbocycles. The molecule has 0 N–H and O–H groups in total. The zero-order chi connectivity index (χ0) is 13.1. The number of ether oxygens (including phenoxy) is 1. The fourth-order valence-electron chi connectivity index (χ4n) is 1.29. The fraction of sp³-hybridized carbons (Fsp3) is 0.0909. The molecule has 92 valence electrons. The maximum absolute atomic E-state index is 10.7. The molecule has 6 nitrogen and oxygen atoms in total. The minimum Gasteiger partial charge on any atom is -0.437 e. The van der Waals surface area contributed by atoms with E-state index in [1.807, 2.05) is 0 Å². The van der Waals surface area contributed by atoms with Gasteiger partial charge in [0.25, 0.3) is 5.69 Å². The summed E-state index contributed by atoms with van der Waals surface area (Å²) < 4.78 is 6.11. The van der Waals surface area contributed by atoms with Gasteiger partial charge in [-0.25, -0.2) is 9.97 Å². The van der Waals surface area contributed by atoms with Crippen molar-refractivity contribution in [1.82, 2.24) is 9.97 Å². The fourth-order valence-corrected chi connectivity index (χ4v) is 1.59. The molecule has 0 amide bonds. The SMILES string of the molecule is Cc1ccc([N+](=O)[O-])cc1Oc1ncncc1Br. The van der Waals surface area contributed by atoms with Gasteiger partial charge in [0.05, 0.1) is 15.5 Å². The van der Waals surface area contributed by atoms with Gasteiger partial charge in [-0.2, -0.15) is 0 Å². The Kier molecular flexibility index (Phi) is 3.52. The molecule has 0 bridgehead atoms. The Hall–Kier alpha value is -2.02. The first kappa shape index (κ1) is 12.4. The number of rotatable bonds is 3. The first-order valence-electron chi connectivity index (χ1n) is 4.96. The number of nitro benzene ring substituents is 1. The summed E-state index contributed by atoms with van der Waals surface area (Å²) in [6, 6.07) is 4.42. The second kappa shape index (κ2) is 5.09. The molecule has 0 radical (unpaired) electrons. The second-order valence-corrected chi connectivity index (χ2v) is 4.34. The van der Waals surface area contributed by atoms with Crippen LogP contribution in [-0.2, 0) is 0 Å². The van der Waals surface area contributed by atoms with Gasteiger partial charge in [0.1, 0.15) is 12.1 Å². The van der Waals surface area contributed by atoms with Crippen LogP contribution >= 0.6 is 15.9 Å². The Bertz CT molecular complexity index is 604. The van der Waals surface area contributed by atoms with Crippen LogP contribution in [0.15, 0.2) is 35.2 Å². The molecule has 2 rings (SSSR count). The molecule has 1 heterocycles. The number of non-ortho nitro benzene ring substituents is 1. The lowest BCUT2D eigenvalue weighted by Gasteiger charge is -2.08. The number of aromatic nitrogens is 2. The Balaban J connectivity index is 2.37. The van der Waals surface area contributed by atoms with E-state index in [4.69, 9.17) is 4.74 Å². The van der Waals surface area contributed by atoms with E-state index in [0.717, 1.165) is 5.56 Å². The number of hydrogen-bond donors (Lipinski definition) is 0. The number of nitro groups is 1. The van der Waals surface area contributed by atoms with Crippen molar-refractivity contribution in [2.75, 3.05) is 0 Å². The van der Waals surface area contributed by atoms with Crippen molar-refractivity contribution < 1.29 is 9.66 Å². The van der Waals surface area contributed by atoms with Gasteiger partial charge in [-0.05, 0) is 34.5 Å². The Morgan fingerprint density at radius 3 is 2.89 bits per heavy atom. The Morgan fingerprint density at radius 1 is 1.44 bits per heavy atom. The summed E-state index contributed by atoms with van der Waals surface area (Å²) in [6.07, 6.45) is 2.88. The molecule has 1 aromatic heterocycles. The molecule has 0 fully saturated rings. The predicted molar refractivity (Wildman–Crippen MR) is 67.6 cm³/mol. The molecular weight excluding hydrogens is 302 g/mol. The zero-order valence-corrected chi connectivity index (χ0v) is 10.9. The number of benzene rings is 1. The van der Waals surface area contributed by atoms with Crippen LogP contribution in [0.1, 0.15) is 5.56 Å². The van der Waals surface area contributed by atoms with E-state index in [0.29, 0.717) is 16.1 Å². The molecule has 0 saturated heterocycles. The highest BCUT2D eigenvalue weighted by atomic mass is 79.9. The largest absolute Gasteiger partial charge is 0.437 e. The van der Waals surface area contributed by atoms with Crippen LogP contribution in [0.25, 0.3) is 0 Å². The molecule has 0 atom stereocenters. The van der Waals surface area contributed by atoms with Gasteiger partial charge in [-0.1, -0.05) is 0 Å². The minimum atomic E-state index is -0.471. The molecule has 0 spiro atoms. The van der Waals surface area contributed by atoms with Crippen LogP contribution in [0.5, 0.6) is 11.6 Å². The molecule has 0 unspecified atom stereocenters. The molecular formula is C11H8BrN3O3. The quantitative estimate of drug-likeness (QED) is 0.642. The lowest BCUT2D eigenvalue weighted by molar-refractivity contribution is -0.384. The Labute approximate surface area is 111 Å². The van der Waals surface area contributed by atoms with Crippen LogP contribution in [0.3, 0.4) is 0 Å². The number of hydrogen-bond acceptors (Lipinski definition) is 5. The van der Waals surface area contributed by atoms with Gasteiger partial charge in [-0.15, -0.1) is 0 Å². The van der Waals surface area contributed by atoms with Gasteiger partial charge in [0.2, 0.25) is 5.88 Å². The van der Waals surface area contributed by atoms with Gasteiger partial charge >= 0.3 is 0 Å². The maximum Gasteiger partial charge on any atom is 0.273 e. The highest BCUT2D eigenvalue weighted by Crippen LogP contribution is 2.30. The van der Waals surface area contributed by atoms with Gasteiger partial charge in [0.15, 0.2) is 0 Å². The zero-order valence-electron chi connectivity index (χ0n) is 9.33. The van der Waals surface area contributed by atoms with Crippen molar-refractivity contribution in [2.45, 2.75) is 6.92 Å². The molecule has 0 saturated carbocycles. The molecule has 0 aliphatic heterocycles. The molecule has 1 aromatic carbocycles. The molecule has 18 heavy (non-hydrogen) atoms. The number of aryl methyl sites for hydroxylation is 1. The topological polar surface area (TPSA) is 78.2 Å². The standard InChI is InChI=1S/C11H8BrN3O3/c1-7-2-3-8(15(16)17)4-10(7)18-11-9(12)5-13-6-14-11/h2-6H,1H3. The molecule has 2 aromatic rings. The minimum absolute atomic E-state index is 0.0271. The number of nitrogens with zero attached hydrogens (tertiary/aromatic N) is 3. The van der Waals surface area contributed by atoms with E-state index >= 15 is 0 Å². The number of halogens is 1. The van der Waals surface area contributed by atoms with E-state index < -0.39 is 4.92 Å². The third kappa shape index (κ3) is 2.62. The summed E-state index contributed by atoms with van der Waals surface area (Å²) in [4.78, 5) is 18.0. The van der Waals surface area contributed by atoms with Crippen LogP contribution in [-0.4, -0.2) is 14.9 Å². The monoisotopic (exact) mass is 309 g/mol. The highest BCUT2D eigenvalue weighted by Gasteiger charge is 2.12. The molecule has 7 heteroatoms. The van der Waals surface area contributed by atoms with E-state index in [1.54, 1.807) is 13.0 Å². The van der Waals surface area contributed by atoms with Crippen molar-refractivity contribution >= 4 is 21.6 Å². The van der Waals surface area contributed by atoms with Crippen LogP contribution in [0.2, 0.25) is 0 Å². The van der Waals surface area contributed by atoms with Crippen molar-refractivity contribution in [1.29, 1.82) is 0 Å². The van der Waals surface area contributed by atoms with Crippen molar-refractivity contribution in [3.05, 3.63) is 50.9 Å². The third-order valence-corrected chi connectivity index (χ3v) is 2.77. The summed E-state index contributed by atoms with van der Waals surface area (Å²) in [5.41, 5.74) is 0.756. The smallest absolute Gasteiger partial charge is 0.273 e. The summed E-state index contributed by atoms with van der Waals surface area (Å²) >= 11 is 3.24. The first-order chi connectivity index (χ1) is 8.58. The van der Waals surface area contributed by atoms with Gasteiger partial charge < -0.3 is 4.74 Å². The first-order valence-corrected chi connectivity index (χ1v) is 5.75. The van der Waals surface area contributed by atoms with Crippen LogP contribution in [0.4, 0.5) is 5.69 Å². The van der Waals surface area contributed by atoms with Crippen molar-refractivity contribution in [2.24, 2.45) is 0 Å². The average Bonchev–Trinajstić information content (AvgIpc) is 2.34. The predicted octanol–water partition coefficient (Wildman–Crippen LogP) is 3.25. The Morgan fingerprint density at radius 2 is 2.22 bits per heavy atom. The van der Waals surface area contributed by atoms with E-state index in [-0.39, 0.29) is 5.69 Å². The van der Waals surface area contributed by atoms with E-state index in [9.17, 15) is 10.1 Å². The molecule has 0 aliphatic rings. The normalized spacial score (nSPS) is 10.1. The summed E-state index contributed by atoms with van der Waals surface area (Å²) in [6.45, 7) is 1.80. The van der Waals surface area contributed by atoms with Crippen LogP contribution in [0, 0.1) is 17.0 Å². The van der Waals surface area contributed by atoms with Crippen molar-refractivity contribution in [3.8, 4) is 11.6 Å². The van der Waals surface area contributed by atoms with Crippen molar-refractivity contribution in [3.63, 3.8) is 0 Å². The van der Waals surface area contributed by atoms with E-state index in [1.165, 1.54) is 24.7 Å². The average molecular weight is 310 g/mol. The van der Waals surface area contributed by atoms with Gasteiger partial charge in [-0.3, -0.25) is 10.1 Å². The van der Waals surface area contributed by atoms with Gasteiger partial charge in [0, 0.05) is 12.3 Å². The lowest BCUT2D eigenvalue weighted by Crippen LogP contribution is -1.94.